The minimum atomic E-state index is -0.225. The molecular formula is C24H27N5O. The van der Waals surface area contributed by atoms with Gasteiger partial charge in [0.25, 0.3) is 5.91 Å². The molecule has 2 heterocycles. The molecule has 0 saturated carbocycles. The molecule has 2 aromatic carbocycles. The molecule has 1 amide bonds. The Morgan fingerprint density at radius 2 is 1.73 bits per heavy atom. The number of anilines is 1. The number of nitrogens with two attached hydrogens (primary N) is 1. The van der Waals surface area contributed by atoms with Crippen molar-refractivity contribution < 1.29 is 4.79 Å². The van der Waals surface area contributed by atoms with E-state index in [1.807, 2.05) is 60.0 Å². The number of nitrogens with zero attached hydrogens (tertiary/aromatic N) is 3. The largest absolute Gasteiger partial charge is 0.384 e. The lowest BCUT2D eigenvalue weighted by molar-refractivity contribution is 0.0953. The van der Waals surface area contributed by atoms with Crippen molar-refractivity contribution >= 4 is 33.9 Å². The first-order valence-corrected chi connectivity index (χ1v) is 10.5. The zero-order valence-electron chi connectivity index (χ0n) is 17.5. The maximum Gasteiger partial charge on any atom is 0.257 e. The van der Waals surface area contributed by atoms with Crippen LogP contribution < -0.4 is 11.1 Å². The van der Waals surface area contributed by atoms with Crippen molar-refractivity contribution in [1.82, 2.24) is 19.9 Å². The first kappa shape index (κ1) is 19.9. The van der Waals surface area contributed by atoms with Crippen molar-refractivity contribution in [2.45, 2.75) is 46.2 Å². The van der Waals surface area contributed by atoms with Crippen LogP contribution in [0, 0.1) is 6.92 Å². The number of benzene rings is 2. The molecule has 0 atom stereocenters. The van der Waals surface area contributed by atoms with Crippen LogP contribution in [0.1, 0.15) is 47.7 Å². The van der Waals surface area contributed by atoms with Gasteiger partial charge in [0.2, 0.25) is 0 Å². The number of unbranched alkanes of at least 4 members (excludes halogenated alkanes) is 2. The number of aromatic nitrogens is 3. The number of rotatable bonds is 7. The van der Waals surface area contributed by atoms with Gasteiger partial charge >= 0.3 is 0 Å². The van der Waals surface area contributed by atoms with Crippen LogP contribution in [-0.4, -0.2) is 20.4 Å². The quantitative estimate of drug-likeness (QED) is 0.443. The summed E-state index contributed by atoms with van der Waals surface area (Å²) in [6.07, 6.45) is 3.18. The number of hydrogen-bond donors (Lipinski definition) is 2. The van der Waals surface area contributed by atoms with E-state index in [0.717, 1.165) is 35.9 Å². The van der Waals surface area contributed by atoms with Gasteiger partial charge in [-0.2, -0.15) is 0 Å². The third kappa shape index (κ3) is 3.85. The molecule has 0 spiro atoms. The minimum Gasteiger partial charge on any atom is -0.384 e. The monoisotopic (exact) mass is 401 g/mol. The van der Waals surface area contributed by atoms with E-state index in [0.29, 0.717) is 35.6 Å². The molecule has 0 aliphatic carbocycles. The molecule has 2 aromatic heterocycles. The summed E-state index contributed by atoms with van der Waals surface area (Å²) in [5, 5.41) is 3.00. The molecule has 0 unspecified atom stereocenters. The SMILES string of the molecule is CCCCCn1c(N)c(C(=O)NCc2ccc(C)cc2)c2nc3ccccc3nc21. The van der Waals surface area contributed by atoms with Gasteiger partial charge in [-0.1, -0.05) is 61.7 Å². The van der Waals surface area contributed by atoms with Crippen LogP contribution in [0.25, 0.3) is 22.2 Å². The van der Waals surface area contributed by atoms with Crippen LogP contribution in [0.15, 0.2) is 48.5 Å². The summed E-state index contributed by atoms with van der Waals surface area (Å²) in [5.74, 6) is 0.203. The predicted octanol–water partition coefficient (Wildman–Crippen LogP) is 4.60. The molecule has 0 radical (unpaired) electrons. The highest BCUT2D eigenvalue weighted by molar-refractivity contribution is 6.10. The first-order chi connectivity index (χ1) is 14.6. The van der Waals surface area contributed by atoms with Crippen molar-refractivity contribution in [2.75, 3.05) is 5.73 Å². The average Bonchev–Trinajstić information content (AvgIpc) is 3.02. The van der Waals surface area contributed by atoms with E-state index in [1.54, 1.807) is 0 Å². The highest BCUT2D eigenvalue weighted by Gasteiger charge is 2.23. The molecule has 0 fully saturated rings. The van der Waals surface area contributed by atoms with Gasteiger partial charge < -0.3 is 15.6 Å². The van der Waals surface area contributed by atoms with Crippen LogP contribution >= 0.6 is 0 Å². The second-order valence-corrected chi connectivity index (χ2v) is 7.67. The van der Waals surface area contributed by atoms with Crippen LogP contribution in [-0.2, 0) is 13.1 Å². The summed E-state index contributed by atoms with van der Waals surface area (Å²) >= 11 is 0. The van der Waals surface area contributed by atoms with E-state index in [-0.39, 0.29) is 5.91 Å². The Kier molecular flexibility index (Phi) is 5.65. The lowest BCUT2D eigenvalue weighted by Gasteiger charge is -2.08. The smallest absolute Gasteiger partial charge is 0.257 e. The molecule has 154 valence electrons. The second-order valence-electron chi connectivity index (χ2n) is 7.67. The van der Waals surface area contributed by atoms with Gasteiger partial charge in [-0.25, -0.2) is 9.97 Å². The fourth-order valence-electron chi connectivity index (χ4n) is 3.66. The van der Waals surface area contributed by atoms with Crippen molar-refractivity contribution in [1.29, 1.82) is 0 Å². The Bertz CT molecular complexity index is 1190. The zero-order valence-corrected chi connectivity index (χ0v) is 17.5. The Balaban J connectivity index is 1.73. The molecule has 30 heavy (non-hydrogen) atoms. The zero-order chi connectivity index (χ0) is 21.1. The lowest BCUT2D eigenvalue weighted by atomic mass is 10.1. The number of nitrogen functional groups attached to an aromatic ring is 1. The second kappa shape index (κ2) is 8.53. The third-order valence-corrected chi connectivity index (χ3v) is 5.38. The summed E-state index contributed by atoms with van der Waals surface area (Å²) in [4.78, 5) is 22.7. The van der Waals surface area contributed by atoms with Gasteiger partial charge in [-0.3, -0.25) is 4.79 Å². The minimum absolute atomic E-state index is 0.225. The van der Waals surface area contributed by atoms with Crippen LogP contribution in [0.4, 0.5) is 5.82 Å². The fraction of sp³-hybridized carbons (Fsp3) is 0.292. The highest BCUT2D eigenvalue weighted by Crippen LogP contribution is 2.28. The Morgan fingerprint density at radius 1 is 1.03 bits per heavy atom. The van der Waals surface area contributed by atoms with Crippen LogP contribution in [0.5, 0.6) is 0 Å². The van der Waals surface area contributed by atoms with E-state index in [9.17, 15) is 4.79 Å². The van der Waals surface area contributed by atoms with Crippen molar-refractivity contribution in [3.05, 3.63) is 65.2 Å². The summed E-state index contributed by atoms with van der Waals surface area (Å²) in [6, 6.07) is 15.8. The van der Waals surface area contributed by atoms with E-state index in [4.69, 9.17) is 15.7 Å². The summed E-state index contributed by atoms with van der Waals surface area (Å²) in [7, 11) is 0. The molecule has 4 aromatic rings. The van der Waals surface area contributed by atoms with Crippen LogP contribution in [0.3, 0.4) is 0 Å². The fourth-order valence-corrected chi connectivity index (χ4v) is 3.66. The predicted molar refractivity (Wildman–Crippen MR) is 121 cm³/mol. The highest BCUT2D eigenvalue weighted by atomic mass is 16.1. The van der Waals surface area contributed by atoms with E-state index in [2.05, 4.69) is 12.2 Å². The van der Waals surface area contributed by atoms with Gasteiger partial charge in [-0.05, 0) is 31.0 Å². The molecule has 0 saturated heterocycles. The molecule has 6 nitrogen and oxygen atoms in total. The summed E-state index contributed by atoms with van der Waals surface area (Å²) < 4.78 is 1.94. The number of para-hydroxylation sites is 2. The van der Waals surface area contributed by atoms with Gasteiger partial charge in [0.1, 0.15) is 16.9 Å². The van der Waals surface area contributed by atoms with Gasteiger partial charge in [0, 0.05) is 13.1 Å². The molecule has 4 rings (SSSR count). The maximum absolute atomic E-state index is 13.1. The van der Waals surface area contributed by atoms with Crippen molar-refractivity contribution in [3.8, 4) is 0 Å². The number of nitrogens with one attached hydrogen (secondary N) is 1. The first-order valence-electron chi connectivity index (χ1n) is 10.5. The molecule has 6 heteroatoms. The average molecular weight is 402 g/mol. The van der Waals surface area contributed by atoms with Gasteiger partial charge in [0.15, 0.2) is 5.65 Å². The molecule has 0 aliphatic rings. The lowest BCUT2D eigenvalue weighted by Crippen LogP contribution is -2.24. The normalized spacial score (nSPS) is 11.3. The van der Waals surface area contributed by atoms with Crippen LogP contribution in [0.2, 0.25) is 0 Å². The van der Waals surface area contributed by atoms with E-state index < -0.39 is 0 Å². The Hall–Kier alpha value is -3.41. The molecule has 0 bridgehead atoms. The summed E-state index contributed by atoms with van der Waals surface area (Å²) in [5.41, 5.74) is 11.9. The Morgan fingerprint density at radius 3 is 2.43 bits per heavy atom. The summed E-state index contributed by atoms with van der Waals surface area (Å²) in [6.45, 7) is 5.35. The van der Waals surface area contributed by atoms with E-state index in [1.165, 1.54) is 5.56 Å². The number of carbonyl (C=O) groups excluding carboxylic acids is 1. The number of carbonyl (C=O) groups is 1. The molecular weight excluding hydrogens is 374 g/mol. The van der Waals surface area contributed by atoms with Gasteiger partial charge in [0.05, 0.1) is 11.0 Å². The standard InChI is InChI=1S/C24H27N5O/c1-3-4-7-14-29-22(25)20(24(30)26-15-17-12-10-16(2)11-13-17)21-23(29)28-19-9-6-5-8-18(19)27-21/h5-6,8-13H,3-4,7,14-15,25H2,1-2H3,(H,26,30). The van der Waals surface area contributed by atoms with E-state index >= 15 is 0 Å². The number of fused-ring (bicyclic) bond motifs is 2. The van der Waals surface area contributed by atoms with Gasteiger partial charge in [-0.15, -0.1) is 0 Å². The van der Waals surface area contributed by atoms with Crippen molar-refractivity contribution in [2.24, 2.45) is 0 Å². The van der Waals surface area contributed by atoms with Crippen molar-refractivity contribution in [3.63, 3.8) is 0 Å². The Labute approximate surface area is 176 Å². The maximum atomic E-state index is 13.1. The molecule has 3 N–H and O–H groups in total. The molecule has 0 aliphatic heterocycles. The number of hydrogen-bond acceptors (Lipinski definition) is 4. The number of aryl methyl sites for hydroxylation is 2. The topological polar surface area (TPSA) is 85.8 Å². The number of amides is 1. The third-order valence-electron chi connectivity index (χ3n) is 5.38.